The highest BCUT2D eigenvalue weighted by Crippen LogP contribution is 2.37. The van der Waals surface area contributed by atoms with E-state index in [1.54, 1.807) is 29.2 Å². The Bertz CT molecular complexity index is 1380. The van der Waals surface area contributed by atoms with E-state index in [1.165, 1.54) is 17.0 Å². The molecule has 0 radical (unpaired) electrons. The Morgan fingerprint density at radius 2 is 1.83 bits per heavy atom. The molecule has 0 fully saturated rings. The first-order chi connectivity index (χ1) is 16.1. The van der Waals surface area contributed by atoms with Crippen LogP contribution in [0.3, 0.4) is 0 Å². The van der Waals surface area contributed by atoms with Crippen LogP contribution in [0.1, 0.15) is 36.4 Å². The van der Waals surface area contributed by atoms with Crippen molar-refractivity contribution in [1.29, 1.82) is 0 Å². The molecule has 190 valence electrons. The van der Waals surface area contributed by atoms with Crippen LogP contribution < -0.4 is 10.6 Å². The predicted octanol–water partition coefficient (Wildman–Crippen LogP) is 5.67. The second kappa shape index (κ2) is 9.97. The van der Waals surface area contributed by atoms with Crippen molar-refractivity contribution in [2.24, 2.45) is 0 Å². The molecule has 1 aliphatic rings. The molecule has 1 aromatic carbocycles. The summed E-state index contributed by atoms with van der Waals surface area (Å²) in [6, 6.07) is 7.76. The molecular weight excluding hydrogens is 559 g/mol. The van der Waals surface area contributed by atoms with Crippen molar-refractivity contribution in [3.63, 3.8) is 0 Å². The lowest BCUT2D eigenvalue weighted by molar-refractivity contribution is -0.137. The molecular formula is C23H23BrF3N7OS. The lowest BCUT2D eigenvalue weighted by Gasteiger charge is -2.32. The fraction of sp³-hybridized carbons (Fsp3) is 0.217. The first-order valence-corrected chi connectivity index (χ1v) is 11.0. The Morgan fingerprint density at radius 3 is 2.44 bits per heavy atom. The second-order valence-electron chi connectivity index (χ2n) is 7.88. The molecule has 1 aliphatic heterocycles. The maximum absolute atomic E-state index is 13.5. The van der Waals surface area contributed by atoms with Gasteiger partial charge in [0, 0.05) is 24.0 Å². The summed E-state index contributed by atoms with van der Waals surface area (Å²) in [5.74, 6) is 0.518. The summed E-state index contributed by atoms with van der Waals surface area (Å²) in [4.78, 5) is 26.8. The number of nitrogens with one attached hydrogen (secondary N) is 1. The zero-order valence-electron chi connectivity index (χ0n) is 18.1. The number of benzene rings is 1. The number of carbonyl (C=O) groups is 1. The Hall–Kier alpha value is -3.32. The van der Waals surface area contributed by atoms with Crippen molar-refractivity contribution >= 4 is 46.8 Å². The minimum Gasteiger partial charge on any atom is -0.384 e. The number of nitrogen functional groups attached to an aromatic ring is 1. The van der Waals surface area contributed by atoms with Gasteiger partial charge in [-0.2, -0.15) is 31.8 Å². The van der Waals surface area contributed by atoms with Gasteiger partial charge in [-0.1, -0.05) is 7.43 Å². The molecule has 0 saturated carbocycles. The highest BCUT2D eigenvalue weighted by molar-refractivity contribution is 9.10. The Labute approximate surface area is 220 Å². The number of anilines is 2. The largest absolute Gasteiger partial charge is 0.416 e. The standard InChI is InChI=1S/C22H17BrF3N7O.CH4.H2S/c1-11-10-32(14-5-3-13(4-6-14)22(24,25)26)21(34)18-15(9-29-33(11)18)17-19(23)31-20(30-17)12-2-7-16(27)28-8-12;;/h2-9,11H,10H2,1H3,(H2,27,28)(H,30,31);1H4;1H2/t11-;;/m0../s1. The summed E-state index contributed by atoms with van der Waals surface area (Å²) >= 11 is 3.47. The van der Waals surface area contributed by atoms with Crippen LogP contribution in [0.15, 0.2) is 53.4 Å². The molecule has 0 saturated heterocycles. The number of aromatic amines is 1. The third-order valence-corrected chi connectivity index (χ3v) is 6.16. The molecule has 5 rings (SSSR count). The Balaban J connectivity index is 0.00000180. The SMILES string of the molecule is C.C[C@H]1CN(c2ccc(C(F)(F)F)cc2)C(=O)c2c(-c3nc(-c4ccc(N)nc4)[nH]c3Br)cnn21.S. The lowest BCUT2D eigenvalue weighted by atomic mass is 10.1. The van der Waals surface area contributed by atoms with Crippen LogP contribution in [0.5, 0.6) is 0 Å². The van der Waals surface area contributed by atoms with Crippen molar-refractivity contribution in [3.8, 4) is 22.6 Å². The van der Waals surface area contributed by atoms with Gasteiger partial charge < -0.3 is 15.6 Å². The van der Waals surface area contributed by atoms with Crippen molar-refractivity contribution in [2.45, 2.75) is 26.6 Å². The molecule has 3 aromatic heterocycles. The van der Waals surface area contributed by atoms with E-state index in [2.05, 4.69) is 36.0 Å². The third kappa shape index (κ3) is 4.72. The predicted molar refractivity (Wildman–Crippen MR) is 140 cm³/mol. The van der Waals surface area contributed by atoms with Gasteiger partial charge in [0.05, 0.1) is 23.4 Å². The number of rotatable bonds is 3. The number of alkyl halides is 3. The molecule has 0 spiro atoms. The maximum atomic E-state index is 13.5. The minimum atomic E-state index is -4.45. The van der Waals surface area contributed by atoms with Crippen molar-refractivity contribution < 1.29 is 18.0 Å². The van der Waals surface area contributed by atoms with Crippen molar-refractivity contribution in [1.82, 2.24) is 24.7 Å². The fourth-order valence-electron chi connectivity index (χ4n) is 3.90. The number of H-pyrrole nitrogens is 1. The zero-order chi connectivity index (χ0) is 24.2. The van der Waals surface area contributed by atoms with E-state index in [0.717, 1.165) is 12.1 Å². The monoisotopic (exact) mass is 581 g/mol. The van der Waals surface area contributed by atoms with Gasteiger partial charge in [-0.15, -0.1) is 0 Å². The molecule has 4 heterocycles. The van der Waals surface area contributed by atoms with E-state index in [9.17, 15) is 18.0 Å². The molecule has 4 aromatic rings. The second-order valence-corrected chi connectivity index (χ2v) is 8.67. The van der Waals surface area contributed by atoms with E-state index >= 15 is 0 Å². The minimum absolute atomic E-state index is 0. The van der Waals surface area contributed by atoms with Gasteiger partial charge in [0.15, 0.2) is 0 Å². The fourth-order valence-corrected chi connectivity index (χ4v) is 4.39. The summed E-state index contributed by atoms with van der Waals surface area (Å²) in [7, 11) is 0. The number of aromatic nitrogens is 5. The molecule has 0 unspecified atom stereocenters. The first kappa shape index (κ1) is 27.3. The van der Waals surface area contributed by atoms with Crippen LogP contribution in [-0.4, -0.2) is 37.2 Å². The average Bonchev–Trinajstić information content (AvgIpc) is 3.40. The van der Waals surface area contributed by atoms with Gasteiger partial charge in [-0.3, -0.25) is 9.48 Å². The summed E-state index contributed by atoms with van der Waals surface area (Å²) in [5, 5.41) is 4.39. The number of hydrogen-bond donors (Lipinski definition) is 2. The smallest absolute Gasteiger partial charge is 0.384 e. The number of amides is 1. The van der Waals surface area contributed by atoms with E-state index in [4.69, 9.17) is 5.73 Å². The first-order valence-electron chi connectivity index (χ1n) is 10.2. The zero-order valence-corrected chi connectivity index (χ0v) is 20.7. The van der Waals surface area contributed by atoms with Gasteiger partial charge >= 0.3 is 6.18 Å². The third-order valence-electron chi connectivity index (χ3n) is 5.59. The topological polar surface area (TPSA) is 106 Å². The summed E-state index contributed by atoms with van der Waals surface area (Å²) in [5.41, 5.74) is 7.22. The number of imidazole rings is 1. The Morgan fingerprint density at radius 1 is 1.14 bits per heavy atom. The van der Waals surface area contributed by atoms with E-state index in [1.807, 2.05) is 6.92 Å². The van der Waals surface area contributed by atoms with Crippen LogP contribution in [0.25, 0.3) is 22.6 Å². The van der Waals surface area contributed by atoms with Crippen LogP contribution in [-0.2, 0) is 6.18 Å². The van der Waals surface area contributed by atoms with Crippen LogP contribution >= 0.6 is 29.4 Å². The number of halogens is 4. The van der Waals surface area contributed by atoms with Gasteiger partial charge in [0.2, 0.25) is 0 Å². The average molecular weight is 582 g/mol. The number of hydrogen-bond acceptors (Lipinski definition) is 5. The van der Waals surface area contributed by atoms with E-state index in [0.29, 0.717) is 44.4 Å². The molecule has 1 amide bonds. The number of nitrogens with zero attached hydrogens (tertiary/aromatic N) is 5. The lowest BCUT2D eigenvalue weighted by Crippen LogP contribution is -2.42. The molecule has 0 aliphatic carbocycles. The normalized spacial score (nSPS) is 15.2. The molecule has 36 heavy (non-hydrogen) atoms. The maximum Gasteiger partial charge on any atom is 0.416 e. The summed E-state index contributed by atoms with van der Waals surface area (Å²) in [6.07, 6.45) is -1.31. The molecule has 8 nitrogen and oxygen atoms in total. The highest BCUT2D eigenvalue weighted by atomic mass is 79.9. The van der Waals surface area contributed by atoms with E-state index in [-0.39, 0.29) is 39.4 Å². The molecule has 0 bridgehead atoms. The highest BCUT2D eigenvalue weighted by Gasteiger charge is 2.36. The number of carbonyl (C=O) groups excluding carboxylic acids is 1. The van der Waals surface area contributed by atoms with Gasteiger partial charge in [-0.05, 0) is 59.3 Å². The quantitative estimate of drug-likeness (QED) is 0.324. The molecule has 13 heteroatoms. The Kier molecular flexibility index (Phi) is 7.55. The van der Waals surface area contributed by atoms with Gasteiger partial charge in [-0.25, -0.2) is 9.97 Å². The number of pyridine rings is 1. The number of nitrogens with two attached hydrogens (primary N) is 1. The number of fused-ring (bicyclic) bond motifs is 1. The molecule has 1 atom stereocenters. The molecule has 3 N–H and O–H groups in total. The van der Waals surface area contributed by atoms with E-state index < -0.39 is 11.7 Å². The van der Waals surface area contributed by atoms with Crippen LogP contribution in [0, 0.1) is 0 Å². The summed E-state index contributed by atoms with van der Waals surface area (Å²) < 4.78 is 41.0. The summed E-state index contributed by atoms with van der Waals surface area (Å²) in [6.45, 7) is 2.15. The van der Waals surface area contributed by atoms with Gasteiger partial charge in [0.1, 0.15) is 27.6 Å². The van der Waals surface area contributed by atoms with Gasteiger partial charge in [0.25, 0.3) is 5.91 Å². The van der Waals surface area contributed by atoms with Crippen LogP contribution in [0.2, 0.25) is 0 Å². The van der Waals surface area contributed by atoms with Crippen LogP contribution in [0.4, 0.5) is 24.7 Å². The van der Waals surface area contributed by atoms with Crippen molar-refractivity contribution in [2.75, 3.05) is 17.2 Å². The van der Waals surface area contributed by atoms with Crippen molar-refractivity contribution in [3.05, 3.63) is 64.7 Å².